The van der Waals surface area contributed by atoms with E-state index in [1.54, 1.807) is 56.5 Å². The van der Waals surface area contributed by atoms with Crippen molar-refractivity contribution in [1.82, 2.24) is 10.6 Å². The summed E-state index contributed by atoms with van der Waals surface area (Å²) in [5.74, 6) is 0.808. The van der Waals surface area contributed by atoms with E-state index in [0.717, 1.165) is 0 Å². The van der Waals surface area contributed by atoms with Gasteiger partial charge in [-0.3, -0.25) is 4.79 Å². The Morgan fingerprint density at radius 2 is 1.93 bits per heavy atom. The van der Waals surface area contributed by atoms with Crippen molar-refractivity contribution in [2.45, 2.75) is 13.0 Å². The van der Waals surface area contributed by atoms with Crippen LogP contribution in [0, 0.1) is 0 Å². The predicted octanol–water partition coefficient (Wildman–Crippen LogP) is 2.84. The number of ether oxygens (including phenoxy) is 2. The number of aromatic hydroxyl groups is 1. The molecule has 7 nitrogen and oxygen atoms in total. The summed E-state index contributed by atoms with van der Waals surface area (Å²) in [6, 6.07) is 11.3. The minimum Gasteiger partial charge on any atom is -0.508 e. The summed E-state index contributed by atoms with van der Waals surface area (Å²) < 4.78 is 10.5. The van der Waals surface area contributed by atoms with E-state index in [1.165, 1.54) is 7.11 Å². The fraction of sp³-hybridized carbons (Fsp3) is 0.200. The Labute approximate surface area is 168 Å². The second kappa shape index (κ2) is 8.18. The minimum atomic E-state index is -0.598. The second-order valence-corrected chi connectivity index (χ2v) is 6.56. The van der Waals surface area contributed by atoms with Crippen LogP contribution in [0.1, 0.15) is 18.5 Å². The number of nitrogens with one attached hydrogen (secondary N) is 3. The number of allylic oxidation sites excluding steroid dienone is 1. The van der Waals surface area contributed by atoms with Crippen molar-refractivity contribution in [2.24, 2.45) is 0 Å². The van der Waals surface area contributed by atoms with Gasteiger partial charge in [0.1, 0.15) is 17.2 Å². The Kier molecular flexibility index (Phi) is 5.70. The minimum absolute atomic E-state index is 0.0739. The number of hydrogen-bond donors (Lipinski definition) is 4. The lowest BCUT2D eigenvalue weighted by atomic mass is 9.94. The molecule has 0 saturated carbocycles. The first-order valence-corrected chi connectivity index (χ1v) is 8.95. The summed E-state index contributed by atoms with van der Waals surface area (Å²) in [6.45, 7) is 1.76. The molecule has 1 aliphatic rings. The first-order valence-electron chi connectivity index (χ1n) is 8.54. The lowest BCUT2D eigenvalue weighted by Gasteiger charge is -2.30. The number of rotatable bonds is 5. The van der Waals surface area contributed by atoms with Crippen LogP contribution in [0.3, 0.4) is 0 Å². The molecule has 0 bridgehead atoms. The Morgan fingerprint density at radius 3 is 2.61 bits per heavy atom. The third-order valence-electron chi connectivity index (χ3n) is 4.42. The zero-order valence-corrected chi connectivity index (χ0v) is 16.5. The topological polar surface area (TPSA) is 91.9 Å². The Morgan fingerprint density at radius 1 is 1.18 bits per heavy atom. The number of methoxy groups -OCH3 is 2. The van der Waals surface area contributed by atoms with Gasteiger partial charge in [-0.2, -0.15) is 0 Å². The van der Waals surface area contributed by atoms with E-state index >= 15 is 0 Å². The lowest BCUT2D eigenvalue weighted by molar-refractivity contribution is -0.113. The third kappa shape index (κ3) is 3.86. The lowest BCUT2D eigenvalue weighted by Crippen LogP contribution is -2.45. The van der Waals surface area contributed by atoms with Crippen molar-refractivity contribution >= 4 is 28.9 Å². The van der Waals surface area contributed by atoms with Gasteiger partial charge >= 0.3 is 0 Å². The quantitative estimate of drug-likeness (QED) is 0.575. The third-order valence-corrected chi connectivity index (χ3v) is 4.64. The summed E-state index contributed by atoms with van der Waals surface area (Å²) in [6.07, 6.45) is 0. The first kappa shape index (κ1) is 19.5. The number of carbonyl (C=O) groups excluding carboxylic acids is 1. The van der Waals surface area contributed by atoms with Gasteiger partial charge in [-0.15, -0.1) is 0 Å². The molecule has 1 heterocycles. The second-order valence-electron chi connectivity index (χ2n) is 6.15. The number of carbonyl (C=O) groups is 1. The van der Waals surface area contributed by atoms with E-state index in [0.29, 0.717) is 39.1 Å². The van der Waals surface area contributed by atoms with Gasteiger partial charge in [-0.05, 0) is 37.3 Å². The van der Waals surface area contributed by atoms with Gasteiger partial charge in [-0.25, -0.2) is 0 Å². The van der Waals surface area contributed by atoms with E-state index in [-0.39, 0.29) is 11.7 Å². The van der Waals surface area contributed by atoms with Gasteiger partial charge < -0.3 is 30.5 Å². The van der Waals surface area contributed by atoms with E-state index in [1.807, 2.05) is 0 Å². The molecule has 0 aliphatic carbocycles. The molecule has 28 heavy (non-hydrogen) atoms. The average Bonchev–Trinajstić information content (AvgIpc) is 2.67. The standard InChI is InChI=1S/C20H21N3O4S/c1-11-17(18(23-20(28)21-11)13-6-4-5-7-15(13)24)19(25)22-14-9-8-12(26-2)10-16(14)27-3/h4-10,18,24H,1-3H3,(H,22,25)(H2,21,23,28). The van der Waals surface area contributed by atoms with Crippen molar-refractivity contribution in [1.29, 1.82) is 0 Å². The summed E-state index contributed by atoms with van der Waals surface area (Å²) in [4.78, 5) is 13.1. The molecular weight excluding hydrogens is 378 g/mol. The molecule has 0 aromatic heterocycles. The van der Waals surface area contributed by atoms with Crippen molar-refractivity contribution in [3.63, 3.8) is 0 Å². The highest BCUT2D eigenvalue weighted by molar-refractivity contribution is 7.80. The molecule has 0 fully saturated rings. The maximum Gasteiger partial charge on any atom is 0.255 e. The smallest absolute Gasteiger partial charge is 0.255 e. The number of phenolic OH excluding ortho intramolecular Hbond substituents is 1. The molecule has 4 N–H and O–H groups in total. The molecule has 1 atom stereocenters. The highest BCUT2D eigenvalue weighted by Crippen LogP contribution is 2.34. The monoisotopic (exact) mass is 399 g/mol. The predicted molar refractivity (Wildman–Crippen MR) is 111 cm³/mol. The highest BCUT2D eigenvalue weighted by Gasteiger charge is 2.31. The van der Waals surface area contributed by atoms with Crippen LogP contribution in [0.4, 0.5) is 5.69 Å². The van der Waals surface area contributed by atoms with E-state index in [2.05, 4.69) is 16.0 Å². The number of phenols is 1. The number of thiocarbonyl (C=S) groups is 1. The Bertz CT molecular complexity index is 958. The van der Waals surface area contributed by atoms with Gasteiger partial charge in [0.25, 0.3) is 5.91 Å². The molecule has 1 aliphatic heterocycles. The van der Waals surface area contributed by atoms with Crippen LogP contribution in [0.2, 0.25) is 0 Å². The molecule has 0 saturated heterocycles. The zero-order chi connectivity index (χ0) is 20.3. The van der Waals surface area contributed by atoms with Crippen molar-refractivity contribution in [2.75, 3.05) is 19.5 Å². The van der Waals surface area contributed by atoms with Gasteiger partial charge in [0.2, 0.25) is 0 Å². The number of anilines is 1. The maximum atomic E-state index is 13.1. The fourth-order valence-corrected chi connectivity index (χ4v) is 3.32. The van der Waals surface area contributed by atoms with Crippen LogP contribution in [-0.4, -0.2) is 30.3 Å². The van der Waals surface area contributed by atoms with Gasteiger partial charge in [0.15, 0.2) is 5.11 Å². The summed E-state index contributed by atoms with van der Waals surface area (Å²) in [5, 5.41) is 19.5. The van der Waals surface area contributed by atoms with Crippen molar-refractivity contribution in [3.8, 4) is 17.2 Å². The fourth-order valence-electron chi connectivity index (χ4n) is 3.05. The summed E-state index contributed by atoms with van der Waals surface area (Å²) >= 11 is 5.24. The molecule has 0 radical (unpaired) electrons. The number of hydrogen-bond acceptors (Lipinski definition) is 5. The highest BCUT2D eigenvalue weighted by atomic mass is 32.1. The number of amides is 1. The molecule has 1 unspecified atom stereocenters. The van der Waals surface area contributed by atoms with Gasteiger partial charge in [0.05, 0.1) is 31.5 Å². The molecule has 2 aromatic carbocycles. The largest absolute Gasteiger partial charge is 0.508 e. The van der Waals surface area contributed by atoms with E-state index in [9.17, 15) is 9.90 Å². The molecule has 146 valence electrons. The molecular formula is C20H21N3O4S. The summed E-state index contributed by atoms with van der Waals surface area (Å²) in [5.41, 5.74) is 2.06. The van der Waals surface area contributed by atoms with E-state index in [4.69, 9.17) is 21.7 Å². The van der Waals surface area contributed by atoms with Crippen LogP contribution >= 0.6 is 12.2 Å². The number of para-hydroxylation sites is 1. The number of benzene rings is 2. The maximum absolute atomic E-state index is 13.1. The molecule has 0 spiro atoms. The van der Waals surface area contributed by atoms with Crippen LogP contribution in [0.5, 0.6) is 17.2 Å². The van der Waals surface area contributed by atoms with Crippen LogP contribution in [0.25, 0.3) is 0 Å². The van der Waals surface area contributed by atoms with Crippen LogP contribution in [-0.2, 0) is 4.79 Å². The van der Waals surface area contributed by atoms with Crippen LogP contribution < -0.4 is 25.4 Å². The first-order chi connectivity index (χ1) is 13.4. The molecule has 1 amide bonds. The van der Waals surface area contributed by atoms with E-state index < -0.39 is 6.04 Å². The average molecular weight is 399 g/mol. The zero-order valence-electron chi connectivity index (χ0n) is 15.7. The summed E-state index contributed by atoms with van der Waals surface area (Å²) in [7, 11) is 3.07. The molecule has 8 heteroatoms. The van der Waals surface area contributed by atoms with Gasteiger partial charge in [-0.1, -0.05) is 18.2 Å². The van der Waals surface area contributed by atoms with Gasteiger partial charge in [0, 0.05) is 17.3 Å². The van der Waals surface area contributed by atoms with Crippen LogP contribution in [0.15, 0.2) is 53.7 Å². The van der Waals surface area contributed by atoms with Crippen molar-refractivity contribution in [3.05, 3.63) is 59.3 Å². The Hall–Kier alpha value is -3.26. The molecule has 3 rings (SSSR count). The SMILES string of the molecule is COc1ccc(NC(=O)C2=C(C)NC(=S)NC2c2ccccc2O)c(OC)c1. The van der Waals surface area contributed by atoms with Crippen molar-refractivity contribution < 1.29 is 19.4 Å². The Balaban J connectivity index is 1.97. The molecule has 2 aromatic rings. The normalized spacial score (nSPS) is 16.1.